The molecular weight excluding hydrogens is 238 g/mol. The summed E-state index contributed by atoms with van der Waals surface area (Å²) in [6.07, 6.45) is 1.10. The van der Waals surface area contributed by atoms with Gasteiger partial charge in [-0.1, -0.05) is 24.1 Å². The summed E-state index contributed by atoms with van der Waals surface area (Å²) in [5.74, 6) is -1.82. The van der Waals surface area contributed by atoms with Crippen LogP contribution in [0.15, 0.2) is 30.3 Å². The molecule has 4 heteroatoms. The van der Waals surface area contributed by atoms with Gasteiger partial charge < -0.3 is 9.84 Å². The normalized spacial score (nSPS) is 24.2. The zero-order valence-electron chi connectivity index (χ0n) is 9.83. The Hall–Kier alpha value is -1.44. The zero-order chi connectivity index (χ0) is 13.1. The molecule has 1 saturated heterocycles. The average molecular weight is 252 g/mol. The van der Waals surface area contributed by atoms with Crippen LogP contribution in [0.5, 0.6) is 0 Å². The fourth-order valence-electron chi connectivity index (χ4n) is 1.80. The summed E-state index contributed by atoms with van der Waals surface area (Å²) in [5.41, 5.74) is 0.483. The van der Waals surface area contributed by atoms with Crippen molar-refractivity contribution in [1.82, 2.24) is 0 Å². The molecule has 1 fully saturated rings. The number of halogens is 2. The highest BCUT2D eigenvalue weighted by Gasteiger charge is 2.53. The maximum absolute atomic E-state index is 13.8. The summed E-state index contributed by atoms with van der Waals surface area (Å²) < 4.78 is 32.5. The van der Waals surface area contributed by atoms with Crippen molar-refractivity contribution in [2.45, 2.75) is 31.0 Å². The number of hydrogen-bond acceptors (Lipinski definition) is 2. The van der Waals surface area contributed by atoms with E-state index in [0.717, 1.165) is 0 Å². The average Bonchev–Trinajstić information content (AvgIpc) is 2.38. The lowest BCUT2D eigenvalue weighted by Gasteiger charge is -2.35. The van der Waals surface area contributed by atoms with Gasteiger partial charge >= 0.3 is 5.92 Å². The van der Waals surface area contributed by atoms with Crippen LogP contribution in [0.1, 0.15) is 24.8 Å². The molecule has 0 spiro atoms. The summed E-state index contributed by atoms with van der Waals surface area (Å²) >= 11 is 0. The van der Waals surface area contributed by atoms with E-state index < -0.39 is 11.7 Å². The topological polar surface area (TPSA) is 29.5 Å². The zero-order valence-corrected chi connectivity index (χ0v) is 9.83. The van der Waals surface area contributed by atoms with Crippen LogP contribution in [0.4, 0.5) is 8.78 Å². The van der Waals surface area contributed by atoms with Crippen LogP contribution in [0, 0.1) is 11.8 Å². The van der Waals surface area contributed by atoms with Crippen molar-refractivity contribution < 1.29 is 18.6 Å². The van der Waals surface area contributed by atoms with E-state index >= 15 is 0 Å². The second-order valence-electron chi connectivity index (χ2n) is 4.28. The lowest BCUT2D eigenvalue weighted by molar-refractivity contribution is -0.310. The first-order chi connectivity index (χ1) is 8.54. The Morgan fingerprint density at radius 2 is 1.94 bits per heavy atom. The fraction of sp³-hybridized carbons (Fsp3) is 0.429. The standard InChI is InChI=1S/C14H14F2O2/c15-13(16,14(17)9-4-5-11-18-14)10-8-12-6-2-1-3-7-12/h1-3,6-7,17H,4-5,9,11H2. The highest BCUT2D eigenvalue weighted by atomic mass is 19.3. The summed E-state index contributed by atoms with van der Waals surface area (Å²) in [6.45, 7) is 0.138. The minimum atomic E-state index is -3.57. The van der Waals surface area contributed by atoms with E-state index in [4.69, 9.17) is 4.74 Å². The molecule has 1 aliphatic heterocycles. The molecule has 1 unspecified atom stereocenters. The first-order valence-electron chi connectivity index (χ1n) is 5.86. The minimum absolute atomic E-state index is 0.0938. The number of rotatable bonds is 1. The SMILES string of the molecule is OC1(C(F)(F)C#Cc2ccccc2)CCCCO1. The predicted molar refractivity (Wildman–Crippen MR) is 63.0 cm³/mol. The van der Waals surface area contributed by atoms with Crippen molar-refractivity contribution in [2.75, 3.05) is 6.61 Å². The van der Waals surface area contributed by atoms with Gasteiger partial charge in [-0.15, -0.1) is 0 Å². The molecule has 96 valence electrons. The fourth-order valence-corrected chi connectivity index (χ4v) is 1.80. The monoisotopic (exact) mass is 252 g/mol. The quantitative estimate of drug-likeness (QED) is 0.778. The number of alkyl halides is 2. The minimum Gasteiger partial charge on any atom is -0.360 e. The van der Waals surface area contributed by atoms with Gasteiger partial charge in [-0.25, -0.2) is 0 Å². The molecule has 18 heavy (non-hydrogen) atoms. The first kappa shape index (κ1) is 13.0. The van der Waals surface area contributed by atoms with Crippen LogP contribution in [0.2, 0.25) is 0 Å². The maximum atomic E-state index is 13.8. The second-order valence-corrected chi connectivity index (χ2v) is 4.28. The number of hydrogen-bond donors (Lipinski definition) is 1. The van der Waals surface area contributed by atoms with E-state index in [1.165, 1.54) is 0 Å². The van der Waals surface area contributed by atoms with Gasteiger partial charge in [0.05, 0.1) is 6.61 Å². The summed E-state index contributed by atoms with van der Waals surface area (Å²) in [5, 5.41) is 9.80. The molecule has 2 rings (SSSR count). The van der Waals surface area contributed by atoms with Crippen LogP contribution in [-0.2, 0) is 4.74 Å². The Morgan fingerprint density at radius 1 is 1.22 bits per heavy atom. The highest BCUT2D eigenvalue weighted by Crippen LogP contribution is 2.36. The number of benzene rings is 1. The molecule has 1 heterocycles. The van der Waals surface area contributed by atoms with Gasteiger partial charge in [-0.2, -0.15) is 8.78 Å². The molecule has 0 aromatic heterocycles. The van der Waals surface area contributed by atoms with Crippen LogP contribution in [0.3, 0.4) is 0 Å². The van der Waals surface area contributed by atoms with Crippen molar-refractivity contribution in [1.29, 1.82) is 0 Å². The molecule has 1 aromatic carbocycles. The first-order valence-corrected chi connectivity index (χ1v) is 5.86. The molecule has 0 bridgehead atoms. The number of ether oxygens (including phenoxy) is 1. The summed E-state index contributed by atoms with van der Waals surface area (Å²) in [7, 11) is 0. The van der Waals surface area contributed by atoms with Crippen LogP contribution in [-0.4, -0.2) is 23.4 Å². The molecule has 1 atom stereocenters. The molecule has 0 radical (unpaired) electrons. The van der Waals surface area contributed by atoms with Gasteiger partial charge in [0.25, 0.3) is 0 Å². The molecule has 0 amide bonds. The molecule has 1 aromatic rings. The van der Waals surface area contributed by atoms with Crippen LogP contribution >= 0.6 is 0 Å². The van der Waals surface area contributed by atoms with Gasteiger partial charge in [0.2, 0.25) is 5.79 Å². The molecule has 0 saturated carbocycles. The third-order valence-corrected chi connectivity index (χ3v) is 2.88. The van der Waals surface area contributed by atoms with Crippen molar-refractivity contribution in [2.24, 2.45) is 0 Å². The lowest BCUT2D eigenvalue weighted by atomic mass is 9.99. The van der Waals surface area contributed by atoms with Crippen LogP contribution < -0.4 is 0 Å². The third-order valence-electron chi connectivity index (χ3n) is 2.88. The lowest BCUT2D eigenvalue weighted by Crippen LogP contribution is -2.51. The van der Waals surface area contributed by atoms with E-state index in [1.807, 2.05) is 5.92 Å². The van der Waals surface area contributed by atoms with E-state index in [9.17, 15) is 13.9 Å². The van der Waals surface area contributed by atoms with Gasteiger partial charge in [0, 0.05) is 12.0 Å². The summed E-state index contributed by atoms with van der Waals surface area (Å²) in [6, 6.07) is 8.48. The van der Waals surface area contributed by atoms with Gasteiger partial charge in [0.15, 0.2) is 0 Å². The second kappa shape index (κ2) is 5.05. The Kier molecular flexibility index (Phi) is 3.65. The smallest absolute Gasteiger partial charge is 0.360 e. The van der Waals surface area contributed by atoms with Crippen molar-refractivity contribution in [3.05, 3.63) is 35.9 Å². The highest BCUT2D eigenvalue weighted by molar-refractivity contribution is 5.36. The molecular formula is C14H14F2O2. The van der Waals surface area contributed by atoms with Gasteiger partial charge in [-0.3, -0.25) is 0 Å². The molecule has 0 aliphatic carbocycles. The largest absolute Gasteiger partial charge is 0.360 e. The van der Waals surface area contributed by atoms with Gasteiger partial charge in [-0.05, 0) is 30.9 Å². The van der Waals surface area contributed by atoms with Crippen LogP contribution in [0.25, 0.3) is 0 Å². The summed E-state index contributed by atoms with van der Waals surface area (Å²) in [4.78, 5) is 0. The predicted octanol–water partition coefficient (Wildman–Crippen LogP) is 2.56. The Bertz CT molecular complexity index is 454. The third kappa shape index (κ3) is 2.69. The Balaban J connectivity index is 2.19. The van der Waals surface area contributed by atoms with E-state index in [1.54, 1.807) is 30.3 Å². The van der Waals surface area contributed by atoms with Crippen molar-refractivity contribution in [3.63, 3.8) is 0 Å². The van der Waals surface area contributed by atoms with E-state index in [-0.39, 0.29) is 13.0 Å². The Labute approximate surface area is 105 Å². The molecule has 2 nitrogen and oxygen atoms in total. The molecule has 1 aliphatic rings. The molecule has 1 N–H and O–H groups in total. The van der Waals surface area contributed by atoms with E-state index in [0.29, 0.717) is 18.4 Å². The van der Waals surface area contributed by atoms with E-state index in [2.05, 4.69) is 5.92 Å². The van der Waals surface area contributed by atoms with Crippen molar-refractivity contribution in [3.8, 4) is 11.8 Å². The maximum Gasteiger partial charge on any atom is 0.360 e. The number of aliphatic hydroxyl groups is 1. The van der Waals surface area contributed by atoms with Gasteiger partial charge in [0.1, 0.15) is 0 Å². The van der Waals surface area contributed by atoms with Crippen molar-refractivity contribution >= 4 is 0 Å². The Morgan fingerprint density at radius 3 is 2.56 bits per heavy atom.